The quantitative estimate of drug-likeness (QED) is 0.353. The molecular weight excluding hydrogens is 388 g/mol. The lowest BCUT2D eigenvalue weighted by Crippen LogP contribution is -2.06. The average Bonchev–Trinajstić information content (AvgIpc) is 3.09. The highest BCUT2D eigenvalue weighted by Crippen LogP contribution is 2.31. The average molecular weight is 400 g/mol. The van der Waals surface area contributed by atoms with E-state index in [0.29, 0.717) is 16.1 Å². The number of pyridine rings is 1. The van der Waals surface area contributed by atoms with Gasteiger partial charge in [0.05, 0.1) is 16.3 Å². The molecule has 4 nitrogen and oxygen atoms in total. The molecule has 2 aromatic carbocycles. The Bertz CT molecular complexity index is 1190. The van der Waals surface area contributed by atoms with Gasteiger partial charge >= 0.3 is 0 Å². The third kappa shape index (κ3) is 3.05. The Balaban J connectivity index is 1.86. The summed E-state index contributed by atoms with van der Waals surface area (Å²) in [7, 11) is 0. The van der Waals surface area contributed by atoms with Crippen LogP contribution in [0.3, 0.4) is 0 Å². The highest BCUT2D eigenvalue weighted by atomic mass is 35.5. The molecule has 0 saturated carbocycles. The van der Waals surface area contributed by atoms with Crippen molar-refractivity contribution in [1.29, 1.82) is 0 Å². The van der Waals surface area contributed by atoms with Crippen LogP contribution in [0.15, 0.2) is 54.9 Å². The number of aromatic nitrogens is 2. The predicted molar refractivity (Wildman–Crippen MR) is 106 cm³/mol. The molecule has 0 spiro atoms. The first kappa shape index (κ1) is 17.5. The largest absolute Gasteiger partial charge is 0.398 e. The van der Waals surface area contributed by atoms with E-state index in [9.17, 15) is 9.18 Å². The number of fused-ring (bicyclic) bond motifs is 1. The second-order valence-electron chi connectivity index (χ2n) is 5.98. The van der Waals surface area contributed by atoms with Gasteiger partial charge in [0, 0.05) is 33.9 Å². The maximum Gasteiger partial charge on any atom is 0.199 e. The lowest BCUT2D eigenvalue weighted by molar-refractivity contribution is 0.103. The zero-order chi connectivity index (χ0) is 19.1. The van der Waals surface area contributed by atoms with Gasteiger partial charge in [0.2, 0.25) is 0 Å². The molecule has 0 aliphatic rings. The molecule has 0 bridgehead atoms. The number of rotatable bonds is 3. The summed E-state index contributed by atoms with van der Waals surface area (Å²) in [6, 6.07) is 11.5. The predicted octanol–water partition coefficient (Wildman–Crippen LogP) is 5.49. The minimum absolute atomic E-state index is 0.101. The molecule has 0 unspecified atom stereocenters. The van der Waals surface area contributed by atoms with E-state index in [-0.39, 0.29) is 21.8 Å². The Morgan fingerprint density at radius 2 is 1.81 bits per heavy atom. The highest BCUT2D eigenvalue weighted by molar-refractivity contribution is 6.37. The van der Waals surface area contributed by atoms with Gasteiger partial charge in [0.1, 0.15) is 11.5 Å². The fraction of sp³-hybridized carbons (Fsp3) is 0. The molecule has 0 fully saturated rings. The van der Waals surface area contributed by atoms with E-state index in [1.165, 1.54) is 12.3 Å². The monoisotopic (exact) mass is 399 g/mol. The second-order valence-corrected chi connectivity index (χ2v) is 6.80. The van der Waals surface area contributed by atoms with E-state index >= 15 is 0 Å². The van der Waals surface area contributed by atoms with Crippen molar-refractivity contribution in [1.82, 2.24) is 9.97 Å². The summed E-state index contributed by atoms with van der Waals surface area (Å²) in [5.74, 6) is -1.29. The standard InChI is InChI=1S/C20H12Cl2FN3O/c21-12-3-1-10(2-4-12)11-7-13-14(9-26-20(13)25-8-11)19(27)17-15(23)5-6-16(24)18(17)22/h1-9H,24H2,(H,25,26). The summed E-state index contributed by atoms with van der Waals surface area (Å²) in [6.45, 7) is 0. The number of aromatic amines is 1. The number of halogens is 3. The van der Waals surface area contributed by atoms with Crippen molar-refractivity contribution in [3.8, 4) is 11.1 Å². The van der Waals surface area contributed by atoms with E-state index in [1.54, 1.807) is 18.3 Å². The number of carbonyl (C=O) groups is 1. The van der Waals surface area contributed by atoms with Gasteiger partial charge in [-0.2, -0.15) is 0 Å². The lowest BCUT2D eigenvalue weighted by Gasteiger charge is -2.07. The van der Waals surface area contributed by atoms with Gasteiger partial charge in [-0.15, -0.1) is 0 Å². The number of benzene rings is 2. The van der Waals surface area contributed by atoms with Crippen LogP contribution in [0.1, 0.15) is 15.9 Å². The summed E-state index contributed by atoms with van der Waals surface area (Å²) < 4.78 is 14.3. The molecule has 2 heterocycles. The normalized spacial score (nSPS) is 11.1. The fourth-order valence-electron chi connectivity index (χ4n) is 2.90. The molecule has 4 rings (SSSR count). The molecule has 0 amide bonds. The number of nitrogen functional groups attached to an aromatic ring is 1. The summed E-state index contributed by atoms with van der Waals surface area (Å²) in [5.41, 5.74) is 8.07. The van der Waals surface area contributed by atoms with Gasteiger partial charge in [-0.05, 0) is 35.9 Å². The van der Waals surface area contributed by atoms with Crippen LogP contribution in [0.25, 0.3) is 22.2 Å². The third-order valence-corrected chi connectivity index (χ3v) is 4.96. The van der Waals surface area contributed by atoms with Crippen molar-refractivity contribution in [2.45, 2.75) is 0 Å². The first-order valence-electron chi connectivity index (χ1n) is 7.97. The van der Waals surface area contributed by atoms with Crippen molar-refractivity contribution >= 4 is 45.7 Å². The molecule has 0 atom stereocenters. The fourth-order valence-corrected chi connectivity index (χ4v) is 3.27. The first-order chi connectivity index (χ1) is 13.0. The van der Waals surface area contributed by atoms with Crippen LogP contribution in [0.4, 0.5) is 10.1 Å². The number of carbonyl (C=O) groups excluding carboxylic acids is 1. The Morgan fingerprint density at radius 3 is 2.56 bits per heavy atom. The smallest absolute Gasteiger partial charge is 0.199 e. The van der Waals surface area contributed by atoms with E-state index in [2.05, 4.69) is 9.97 Å². The number of nitrogens with zero attached hydrogens (tertiary/aromatic N) is 1. The van der Waals surface area contributed by atoms with Crippen molar-refractivity contribution in [2.75, 3.05) is 5.73 Å². The molecular formula is C20H12Cl2FN3O. The molecule has 2 aromatic heterocycles. The molecule has 3 N–H and O–H groups in total. The summed E-state index contributed by atoms with van der Waals surface area (Å²) in [6.07, 6.45) is 3.18. The number of hydrogen-bond acceptors (Lipinski definition) is 3. The maximum absolute atomic E-state index is 14.3. The van der Waals surface area contributed by atoms with E-state index in [0.717, 1.165) is 17.2 Å². The maximum atomic E-state index is 14.3. The lowest BCUT2D eigenvalue weighted by atomic mass is 10.00. The van der Waals surface area contributed by atoms with Gasteiger partial charge in [-0.25, -0.2) is 9.37 Å². The number of ketones is 1. The molecule has 7 heteroatoms. The third-order valence-electron chi connectivity index (χ3n) is 4.30. The SMILES string of the molecule is Nc1ccc(F)c(C(=O)c2c[nH]c3ncc(-c4ccc(Cl)cc4)cc23)c1Cl. The number of anilines is 1. The van der Waals surface area contributed by atoms with Crippen molar-refractivity contribution in [3.63, 3.8) is 0 Å². The van der Waals surface area contributed by atoms with E-state index < -0.39 is 11.6 Å². The molecule has 0 aliphatic carbocycles. The van der Waals surface area contributed by atoms with E-state index in [4.69, 9.17) is 28.9 Å². The molecule has 0 aliphatic heterocycles. The topological polar surface area (TPSA) is 71.8 Å². The minimum Gasteiger partial charge on any atom is -0.398 e. The van der Waals surface area contributed by atoms with Crippen LogP contribution < -0.4 is 5.73 Å². The van der Waals surface area contributed by atoms with Crippen LogP contribution >= 0.6 is 23.2 Å². The first-order valence-corrected chi connectivity index (χ1v) is 8.72. The van der Waals surface area contributed by atoms with Crippen LogP contribution in [0.5, 0.6) is 0 Å². The number of nitrogens with two attached hydrogens (primary N) is 1. The molecule has 0 radical (unpaired) electrons. The van der Waals surface area contributed by atoms with Crippen LogP contribution in [-0.4, -0.2) is 15.8 Å². The van der Waals surface area contributed by atoms with Crippen LogP contribution in [0, 0.1) is 5.82 Å². The molecule has 4 aromatic rings. The van der Waals surface area contributed by atoms with Gasteiger partial charge < -0.3 is 10.7 Å². The van der Waals surface area contributed by atoms with Crippen LogP contribution in [-0.2, 0) is 0 Å². The van der Waals surface area contributed by atoms with Gasteiger partial charge in [0.25, 0.3) is 0 Å². The van der Waals surface area contributed by atoms with Crippen molar-refractivity contribution < 1.29 is 9.18 Å². The number of hydrogen-bond donors (Lipinski definition) is 2. The molecule has 27 heavy (non-hydrogen) atoms. The Labute approximate surface area is 163 Å². The summed E-state index contributed by atoms with van der Waals surface area (Å²) in [4.78, 5) is 20.2. The molecule has 0 saturated heterocycles. The Kier molecular flexibility index (Phi) is 4.34. The Morgan fingerprint density at radius 1 is 1.07 bits per heavy atom. The highest BCUT2D eigenvalue weighted by Gasteiger charge is 2.22. The van der Waals surface area contributed by atoms with Crippen molar-refractivity contribution in [2.24, 2.45) is 0 Å². The number of nitrogens with one attached hydrogen (secondary N) is 1. The zero-order valence-electron chi connectivity index (χ0n) is 13.8. The number of H-pyrrole nitrogens is 1. The summed E-state index contributed by atoms with van der Waals surface area (Å²) >= 11 is 12.0. The second kappa shape index (κ2) is 6.68. The zero-order valence-corrected chi connectivity index (χ0v) is 15.3. The van der Waals surface area contributed by atoms with Crippen molar-refractivity contribution in [3.05, 3.63) is 81.8 Å². The van der Waals surface area contributed by atoms with Gasteiger partial charge in [0.15, 0.2) is 5.78 Å². The Hall–Kier alpha value is -2.89. The van der Waals surface area contributed by atoms with E-state index in [1.807, 2.05) is 18.2 Å². The van der Waals surface area contributed by atoms with Gasteiger partial charge in [-0.1, -0.05) is 35.3 Å². The minimum atomic E-state index is -0.727. The van der Waals surface area contributed by atoms with Gasteiger partial charge in [-0.3, -0.25) is 4.79 Å². The molecule has 134 valence electrons. The summed E-state index contributed by atoms with van der Waals surface area (Å²) in [5, 5.41) is 1.08. The van der Waals surface area contributed by atoms with Crippen LogP contribution in [0.2, 0.25) is 10.0 Å².